The first-order valence-corrected chi connectivity index (χ1v) is 9.10. The molecular formula is C19H27ClN6O2. The molecule has 8 nitrogen and oxygen atoms in total. The summed E-state index contributed by atoms with van der Waals surface area (Å²) in [5.41, 5.74) is 7.23. The second-order valence-electron chi connectivity index (χ2n) is 6.68. The number of fused-ring (bicyclic) bond motifs is 1. The van der Waals surface area contributed by atoms with E-state index < -0.39 is 0 Å². The third kappa shape index (κ3) is 4.52. The van der Waals surface area contributed by atoms with Gasteiger partial charge in [0.2, 0.25) is 0 Å². The summed E-state index contributed by atoms with van der Waals surface area (Å²) in [5, 5.41) is 0. The highest BCUT2D eigenvalue weighted by molar-refractivity contribution is 5.85. The third-order valence-electron chi connectivity index (χ3n) is 4.88. The number of rotatable bonds is 8. The highest BCUT2D eigenvalue weighted by Crippen LogP contribution is 2.06. The molecule has 0 spiro atoms. The Morgan fingerprint density at radius 3 is 2.43 bits per heavy atom. The van der Waals surface area contributed by atoms with E-state index >= 15 is 0 Å². The number of halogens is 1. The minimum Gasteiger partial charge on any atom is -0.329 e. The van der Waals surface area contributed by atoms with Gasteiger partial charge in [-0.15, -0.1) is 12.4 Å². The maximum atomic E-state index is 12.5. The summed E-state index contributed by atoms with van der Waals surface area (Å²) in [5.74, 6) is 0. The average Bonchev–Trinajstić information content (AvgIpc) is 3.12. The molecule has 0 aliphatic carbocycles. The molecule has 0 radical (unpaired) electrons. The summed E-state index contributed by atoms with van der Waals surface area (Å²) < 4.78 is 4.34. The second-order valence-corrected chi connectivity index (χ2v) is 6.68. The molecule has 3 rings (SSSR count). The van der Waals surface area contributed by atoms with E-state index in [1.165, 1.54) is 17.2 Å². The van der Waals surface area contributed by atoms with E-state index in [4.69, 9.17) is 5.73 Å². The molecule has 0 unspecified atom stereocenters. The maximum Gasteiger partial charge on any atom is 0.332 e. The SMILES string of the molecule is Cl.Cn1c(=O)c2c(ncn2CCN(CCN)CCc2ccccc2)n(C)c1=O. The minimum absolute atomic E-state index is 0. The number of hydrogen-bond donors (Lipinski definition) is 1. The molecule has 0 atom stereocenters. The lowest BCUT2D eigenvalue weighted by atomic mass is 10.1. The zero-order valence-corrected chi connectivity index (χ0v) is 17.1. The summed E-state index contributed by atoms with van der Waals surface area (Å²) >= 11 is 0. The molecule has 1 aromatic carbocycles. The lowest BCUT2D eigenvalue weighted by Crippen LogP contribution is -2.38. The fourth-order valence-corrected chi connectivity index (χ4v) is 3.27. The molecule has 0 fully saturated rings. The molecule has 28 heavy (non-hydrogen) atoms. The van der Waals surface area contributed by atoms with E-state index in [0.29, 0.717) is 24.3 Å². The van der Waals surface area contributed by atoms with Gasteiger partial charge >= 0.3 is 5.69 Å². The molecule has 0 aliphatic heterocycles. The van der Waals surface area contributed by atoms with Crippen LogP contribution in [0.2, 0.25) is 0 Å². The highest BCUT2D eigenvalue weighted by atomic mass is 35.5. The Hall–Kier alpha value is -2.42. The molecule has 0 bridgehead atoms. The average molecular weight is 407 g/mol. The maximum absolute atomic E-state index is 12.5. The topological polar surface area (TPSA) is 91.1 Å². The Morgan fingerprint density at radius 1 is 1.04 bits per heavy atom. The van der Waals surface area contributed by atoms with Crippen LogP contribution < -0.4 is 17.0 Å². The van der Waals surface area contributed by atoms with Gasteiger partial charge < -0.3 is 10.3 Å². The van der Waals surface area contributed by atoms with Crippen molar-refractivity contribution < 1.29 is 0 Å². The van der Waals surface area contributed by atoms with Crippen molar-refractivity contribution in [3.05, 3.63) is 63.1 Å². The van der Waals surface area contributed by atoms with E-state index in [1.807, 2.05) is 22.8 Å². The smallest absolute Gasteiger partial charge is 0.329 e. The van der Waals surface area contributed by atoms with E-state index in [-0.39, 0.29) is 23.7 Å². The van der Waals surface area contributed by atoms with Gasteiger partial charge in [0.1, 0.15) is 0 Å². The number of aromatic nitrogens is 4. The van der Waals surface area contributed by atoms with Gasteiger partial charge in [0.15, 0.2) is 11.2 Å². The lowest BCUT2D eigenvalue weighted by Gasteiger charge is -2.22. The fourth-order valence-electron chi connectivity index (χ4n) is 3.27. The van der Waals surface area contributed by atoms with Crippen LogP contribution in [0, 0.1) is 0 Å². The zero-order chi connectivity index (χ0) is 19.4. The molecule has 9 heteroatoms. The van der Waals surface area contributed by atoms with Gasteiger partial charge in [-0.25, -0.2) is 9.78 Å². The predicted molar refractivity (Wildman–Crippen MR) is 113 cm³/mol. The van der Waals surface area contributed by atoms with Crippen molar-refractivity contribution >= 4 is 23.6 Å². The van der Waals surface area contributed by atoms with E-state index in [0.717, 1.165) is 30.6 Å². The third-order valence-corrected chi connectivity index (χ3v) is 4.88. The van der Waals surface area contributed by atoms with Crippen LogP contribution in [0.4, 0.5) is 0 Å². The van der Waals surface area contributed by atoms with E-state index in [2.05, 4.69) is 22.0 Å². The monoisotopic (exact) mass is 406 g/mol. The van der Waals surface area contributed by atoms with Crippen molar-refractivity contribution in [3.63, 3.8) is 0 Å². The summed E-state index contributed by atoms with van der Waals surface area (Å²) in [4.78, 5) is 31.1. The van der Waals surface area contributed by atoms with Crippen LogP contribution in [0.3, 0.4) is 0 Å². The van der Waals surface area contributed by atoms with Crippen LogP contribution in [0.25, 0.3) is 11.2 Å². The van der Waals surface area contributed by atoms with Gasteiger partial charge in [0.25, 0.3) is 5.56 Å². The predicted octanol–water partition coefficient (Wildman–Crippen LogP) is 0.359. The molecule has 2 N–H and O–H groups in total. The van der Waals surface area contributed by atoms with Gasteiger partial charge in [-0.1, -0.05) is 30.3 Å². The summed E-state index contributed by atoms with van der Waals surface area (Å²) in [6, 6.07) is 10.3. The molecular weight excluding hydrogens is 380 g/mol. The van der Waals surface area contributed by atoms with E-state index in [9.17, 15) is 9.59 Å². The van der Waals surface area contributed by atoms with Gasteiger partial charge in [-0.3, -0.25) is 18.8 Å². The van der Waals surface area contributed by atoms with Crippen molar-refractivity contribution in [1.82, 2.24) is 23.6 Å². The number of imidazole rings is 1. The lowest BCUT2D eigenvalue weighted by molar-refractivity contribution is 0.274. The Bertz CT molecular complexity index is 1020. The molecule has 0 saturated heterocycles. The van der Waals surface area contributed by atoms with Crippen molar-refractivity contribution in [3.8, 4) is 0 Å². The molecule has 0 amide bonds. The van der Waals surface area contributed by atoms with Gasteiger partial charge in [0, 0.05) is 46.8 Å². The van der Waals surface area contributed by atoms with Gasteiger partial charge in [-0.2, -0.15) is 0 Å². The van der Waals surface area contributed by atoms with Crippen molar-refractivity contribution in [2.75, 3.05) is 26.2 Å². The number of nitrogens with zero attached hydrogens (tertiary/aromatic N) is 5. The Labute approximate surface area is 169 Å². The van der Waals surface area contributed by atoms with Crippen LogP contribution in [0.1, 0.15) is 5.56 Å². The first kappa shape index (κ1) is 21.9. The first-order valence-electron chi connectivity index (χ1n) is 9.10. The fraction of sp³-hybridized carbons (Fsp3) is 0.421. The second kappa shape index (κ2) is 9.68. The zero-order valence-electron chi connectivity index (χ0n) is 16.2. The number of benzene rings is 1. The first-order chi connectivity index (χ1) is 13.0. The van der Waals surface area contributed by atoms with Gasteiger partial charge in [-0.05, 0) is 12.0 Å². The molecule has 0 aliphatic rings. The number of aryl methyl sites for hydroxylation is 1. The largest absolute Gasteiger partial charge is 0.332 e. The number of hydrogen-bond acceptors (Lipinski definition) is 5. The Balaban J connectivity index is 0.00000280. The van der Waals surface area contributed by atoms with Gasteiger partial charge in [0.05, 0.1) is 6.33 Å². The van der Waals surface area contributed by atoms with Crippen molar-refractivity contribution in [1.29, 1.82) is 0 Å². The summed E-state index contributed by atoms with van der Waals surface area (Å²) in [6.07, 6.45) is 2.57. The molecule has 2 aromatic heterocycles. The van der Waals surface area contributed by atoms with Crippen LogP contribution in [0.5, 0.6) is 0 Å². The Kier molecular flexibility index (Phi) is 7.56. The van der Waals surface area contributed by atoms with Crippen LogP contribution >= 0.6 is 12.4 Å². The summed E-state index contributed by atoms with van der Waals surface area (Å²) in [7, 11) is 3.12. The van der Waals surface area contributed by atoms with Crippen molar-refractivity contribution in [2.24, 2.45) is 19.8 Å². The quantitative estimate of drug-likeness (QED) is 0.583. The highest BCUT2D eigenvalue weighted by Gasteiger charge is 2.15. The molecule has 2 heterocycles. The Morgan fingerprint density at radius 2 is 1.75 bits per heavy atom. The normalized spacial score (nSPS) is 11.1. The van der Waals surface area contributed by atoms with Crippen LogP contribution in [-0.2, 0) is 27.1 Å². The standard InChI is InChI=1S/C19H26N6O2.ClH/c1-22-17-16(18(26)23(2)19(22)27)25(14-21-17)13-12-24(11-9-20)10-8-15-6-4-3-5-7-15;/h3-7,14H,8-13,20H2,1-2H3;1H. The molecule has 152 valence electrons. The van der Waals surface area contributed by atoms with Crippen LogP contribution in [0.15, 0.2) is 46.2 Å². The molecule has 3 aromatic rings. The summed E-state index contributed by atoms with van der Waals surface area (Å²) in [6.45, 7) is 3.62. The molecule has 0 saturated carbocycles. The number of nitrogens with two attached hydrogens (primary N) is 1. The van der Waals surface area contributed by atoms with Crippen LogP contribution in [-0.4, -0.2) is 49.8 Å². The minimum atomic E-state index is -0.370. The van der Waals surface area contributed by atoms with E-state index in [1.54, 1.807) is 13.4 Å². The van der Waals surface area contributed by atoms with Crippen molar-refractivity contribution in [2.45, 2.75) is 13.0 Å².